The Kier molecular flexibility index (Phi) is 13.8. The summed E-state index contributed by atoms with van der Waals surface area (Å²) in [6.45, 7) is 8.02. The maximum atomic E-state index is 6.60. The smallest absolute Gasteiger partial charge is 0.0701 e. The molecule has 0 spiro atoms. The van der Waals surface area contributed by atoms with Crippen molar-refractivity contribution in [3.8, 4) is 0 Å². The number of halogens is 4. The number of hydrogen-bond acceptors (Lipinski definition) is 7. The van der Waals surface area contributed by atoms with Gasteiger partial charge >= 0.3 is 0 Å². The second kappa shape index (κ2) is 18.5. The number of nitrogens with zero attached hydrogens (tertiary/aromatic N) is 2. The lowest BCUT2D eigenvalue weighted by molar-refractivity contribution is 0.0183. The fraction of sp³-hybridized carbons (Fsp3) is 0.400. The van der Waals surface area contributed by atoms with E-state index in [-0.39, 0.29) is 11.8 Å². The molecule has 2 N–H and O–H groups in total. The first-order valence-corrected chi connectivity index (χ1v) is 19.0. The molecule has 6 rings (SSSR count). The summed E-state index contributed by atoms with van der Waals surface area (Å²) >= 11 is 26.0. The molecule has 0 saturated heterocycles. The Morgan fingerprint density at radius 2 is 0.941 bits per heavy atom. The van der Waals surface area contributed by atoms with Gasteiger partial charge in [0.05, 0.1) is 39.6 Å². The van der Waals surface area contributed by atoms with Crippen LogP contribution >= 0.6 is 46.4 Å². The van der Waals surface area contributed by atoms with Gasteiger partial charge in [-0.05, 0) is 83.9 Å². The SMILES string of the molecule is CN1Cc2c(Cl)cc(Cl)cc2C(c2ccccc2NCCOCCOCCOCCNc2ccccc2C2CN(C)Cc3c(Cl)cc(Cl)cc32)C1. The minimum absolute atomic E-state index is 0.170. The van der Waals surface area contributed by atoms with E-state index in [1.807, 2.05) is 12.1 Å². The molecule has 51 heavy (non-hydrogen) atoms. The molecule has 4 aromatic rings. The minimum Gasteiger partial charge on any atom is -0.382 e. The zero-order chi connectivity index (χ0) is 35.7. The van der Waals surface area contributed by atoms with Gasteiger partial charge in [0.2, 0.25) is 0 Å². The van der Waals surface area contributed by atoms with Gasteiger partial charge in [0.15, 0.2) is 0 Å². The van der Waals surface area contributed by atoms with Gasteiger partial charge in [-0.1, -0.05) is 82.8 Å². The normalized spacial score (nSPS) is 17.6. The van der Waals surface area contributed by atoms with Crippen molar-refractivity contribution in [1.29, 1.82) is 0 Å². The summed E-state index contributed by atoms with van der Waals surface area (Å²) in [4.78, 5) is 4.61. The second-order valence-corrected chi connectivity index (χ2v) is 15.0. The van der Waals surface area contributed by atoms with Gasteiger partial charge in [0.25, 0.3) is 0 Å². The van der Waals surface area contributed by atoms with Crippen LogP contribution in [0.15, 0.2) is 72.8 Å². The summed E-state index contributed by atoms with van der Waals surface area (Å²) < 4.78 is 17.4. The third kappa shape index (κ3) is 9.91. The highest BCUT2D eigenvalue weighted by molar-refractivity contribution is 6.35. The van der Waals surface area contributed by atoms with E-state index in [0.717, 1.165) is 58.7 Å². The fourth-order valence-corrected chi connectivity index (χ4v) is 8.34. The largest absolute Gasteiger partial charge is 0.382 e. The predicted molar refractivity (Wildman–Crippen MR) is 212 cm³/mol. The van der Waals surface area contributed by atoms with Gasteiger partial charge in [-0.3, -0.25) is 0 Å². The fourth-order valence-electron chi connectivity index (χ4n) is 7.20. The minimum atomic E-state index is 0.170. The Morgan fingerprint density at radius 1 is 0.549 bits per heavy atom. The van der Waals surface area contributed by atoms with E-state index in [4.69, 9.17) is 60.6 Å². The number of likely N-dealkylation sites (N-methyl/N-ethyl adjacent to an activating group) is 2. The van der Waals surface area contributed by atoms with Crippen LogP contribution in [0.3, 0.4) is 0 Å². The Bertz CT molecular complexity index is 1650. The molecule has 11 heteroatoms. The van der Waals surface area contributed by atoms with Crippen molar-refractivity contribution >= 4 is 57.8 Å². The first-order chi connectivity index (χ1) is 24.8. The summed E-state index contributed by atoms with van der Waals surface area (Å²) in [5.41, 5.74) is 9.33. The predicted octanol–water partition coefficient (Wildman–Crippen LogP) is 9.03. The Hall–Kier alpha value is -2.56. The van der Waals surface area contributed by atoms with Crippen molar-refractivity contribution in [2.45, 2.75) is 24.9 Å². The number of rotatable bonds is 16. The van der Waals surface area contributed by atoms with Gasteiger partial charge in [-0.25, -0.2) is 0 Å². The molecule has 0 aromatic heterocycles. The average Bonchev–Trinajstić information content (AvgIpc) is 3.11. The lowest BCUT2D eigenvalue weighted by Crippen LogP contribution is -2.31. The summed E-state index contributed by atoms with van der Waals surface area (Å²) in [6, 6.07) is 24.7. The van der Waals surface area contributed by atoms with E-state index in [1.54, 1.807) is 0 Å². The van der Waals surface area contributed by atoms with Crippen molar-refractivity contribution in [1.82, 2.24) is 9.80 Å². The number of ether oxygens (including phenoxy) is 3. The van der Waals surface area contributed by atoms with E-state index in [9.17, 15) is 0 Å². The molecule has 272 valence electrons. The highest BCUT2D eigenvalue weighted by atomic mass is 35.5. The molecule has 2 aliphatic rings. The molecule has 0 radical (unpaired) electrons. The summed E-state index contributed by atoms with van der Waals surface area (Å²) in [6.07, 6.45) is 0. The topological polar surface area (TPSA) is 58.2 Å². The van der Waals surface area contributed by atoms with Crippen LogP contribution in [0, 0.1) is 0 Å². The quantitative estimate of drug-likeness (QED) is 0.110. The van der Waals surface area contributed by atoms with E-state index < -0.39 is 0 Å². The van der Waals surface area contributed by atoms with Crippen molar-refractivity contribution in [2.75, 3.05) is 90.5 Å². The van der Waals surface area contributed by atoms with Gasteiger partial charge in [0.1, 0.15) is 0 Å². The first-order valence-electron chi connectivity index (χ1n) is 17.5. The van der Waals surface area contributed by atoms with Crippen LogP contribution in [-0.4, -0.2) is 89.7 Å². The van der Waals surface area contributed by atoms with E-state index in [0.29, 0.717) is 62.8 Å². The van der Waals surface area contributed by atoms with Crippen molar-refractivity contribution < 1.29 is 14.2 Å². The molecule has 4 aromatic carbocycles. The average molecular weight is 773 g/mol. The summed E-state index contributed by atoms with van der Waals surface area (Å²) in [5.74, 6) is 0.341. The third-order valence-corrected chi connectivity index (χ3v) is 10.6. The van der Waals surface area contributed by atoms with Crippen LogP contribution in [0.4, 0.5) is 11.4 Å². The molecule has 0 bridgehead atoms. The molecule has 7 nitrogen and oxygen atoms in total. The van der Waals surface area contributed by atoms with Crippen molar-refractivity contribution in [3.05, 3.63) is 126 Å². The van der Waals surface area contributed by atoms with E-state index in [1.165, 1.54) is 22.3 Å². The van der Waals surface area contributed by atoms with Crippen LogP contribution < -0.4 is 10.6 Å². The molecule has 0 fully saturated rings. The number of nitrogens with one attached hydrogen (secondary N) is 2. The molecule has 2 heterocycles. The van der Waals surface area contributed by atoms with Crippen LogP contribution in [0.1, 0.15) is 45.2 Å². The number of fused-ring (bicyclic) bond motifs is 2. The molecule has 0 amide bonds. The first kappa shape index (κ1) is 38.2. The lowest BCUT2D eigenvalue weighted by Gasteiger charge is -2.34. The number of hydrogen-bond donors (Lipinski definition) is 2. The second-order valence-electron chi connectivity index (χ2n) is 13.3. The Labute approximate surface area is 322 Å². The molecule has 2 aliphatic heterocycles. The maximum Gasteiger partial charge on any atom is 0.0701 e. The monoisotopic (exact) mass is 770 g/mol. The van der Waals surface area contributed by atoms with E-state index >= 15 is 0 Å². The van der Waals surface area contributed by atoms with Crippen LogP contribution in [0.5, 0.6) is 0 Å². The molecule has 0 saturated carbocycles. The molecular formula is C40H46Cl4N4O3. The summed E-state index contributed by atoms with van der Waals surface area (Å²) in [7, 11) is 4.25. The maximum absolute atomic E-state index is 6.60. The third-order valence-electron chi connectivity index (χ3n) is 9.53. The molecule has 0 aliphatic carbocycles. The zero-order valence-electron chi connectivity index (χ0n) is 29.2. The van der Waals surface area contributed by atoms with Gasteiger partial charge < -0.3 is 34.6 Å². The zero-order valence-corrected chi connectivity index (χ0v) is 32.2. The lowest BCUT2D eigenvalue weighted by atomic mass is 9.84. The number of anilines is 2. The highest BCUT2D eigenvalue weighted by Crippen LogP contribution is 2.42. The van der Waals surface area contributed by atoms with Crippen LogP contribution in [0.2, 0.25) is 20.1 Å². The van der Waals surface area contributed by atoms with Crippen LogP contribution in [0.25, 0.3) is 0 Å². The Balaban J connectivity index is 0.870. The van der Waals surface area contributed by atoms with Crippen molar-refractivity contribution in [2.24, 2.45) is 0 Å². The van der Waals surface area contributed by atoms with Gasteiger partial charge in [-0.15, -0.1) is 0 Å². The van der Waals surface area contributed by atoms with Crippen molar-refractivity contribution in [3.63, 3.8) is 0 Å². The molecular weight excluding hydrogens is 726 g/mol. The van der Waals surface area contributed by atoms with Gasteiger partial charge in [-0.2, -0.15) is 0 Å². The van der Waals surface area contributed by atoms with Crippen LogP contribution in [-0.2, 0) is 27.3 Å². The Morgan fingerprint density at radius 3 is 1.37 bits per heavy atom. The summed E-state index contributed by atoms with van der Waals surface area (Å²) in [5, 5.41) is 9.93. The van der Waals surface area contributed by atoms with Gasteiger partial charge in [0, 0.05) is 82.6 Å². The standard InChI is InChI=1S/C40H46Cl4N4O3/c1-47-23-33(31-19-27(41)21-37(43)35(31)25-47)29-7-3-5-9-39(29)45-11-13-49-15-17-51-18-16-50-14-12-46-40-10-6-4-8-30(40)34-24-48(2)26-36-32(34)20-28(42)22-38(36)44/h3-10,19-22,33-34,45-46H,11-18,23-26H2,1-2H3. The highest BCUT2D eigenvalue weighted by Gasteiger charge is 2.30. The molecule has 2 atom stereocenters. The number of benzene rings is 4. The molecule has 2 unspecified atom stereocenters. The number of para-hydroxylation sites is 2. The van der Waals surface area contributed by atoms with E-state index in [2.05, 4.69) is 95.2 Å².